The maximum absolute atomic E-state index is 13.8. The zero-order valence-electron chi connectivity index (χ0n) is 18.4. The Balaban J connectivity index is 1.50. The predicted octanol–water partition coefficient (Wildman–Crippen LogP) is 4.72. The normalized spacial score (nSPS) is 34.0. The second-order valence-electron chi connectivity index (χ2n) is 9.71. The molecule has 2 aliphatic heterocycles. The first-order chi connectivity index (χ1) is 16.2. The van der Waals surface area contributed by atoms with Crippen molar-refractivity contribution < 1.29 is 19.2 Å². The molecule has 172 valence electrons. The van der Waals surface area contributed by atoms with E-state index in [1.807, 2.05) is 32.1 Å². The highest BCUT2D eigenvalue weighted by molar-refractivity contribution is 9.11. The van der Waals surface area contributed by atoms with Gasteiger partial charge in [-0.05, 0) is 63.0 Å². The number of halogens is 2. The molecule has 0 N–H and O–H groups in total. The van der Waals surface area contributed by atoms with Gasteiger partial charge in [-0.3, -0.25) is 19.2 Å². The van der Waals surface area contributed by atoms with Crippen LogP contribution in [0.2, 0.25) is 0 Å². The lowest BCUT2D eigenvalue weighted by atomic mass is 9.46. The molecule has 2 heterocycles. The van der Waals surface area contributed by atoms with E-state index < -0.39 is 35.0 Å². The Labute approximate surface area is 213 Å². The summed E-state index contributed by atoms with van der Waals surface area (Å²) in [6, 6.07) is 14.2. The first kappa shape index (κ1) is 21.9. The van der Waals surface area contributed by atoms with E-state index in [1.54, 1.807) is 36.4 Å². The van der Waals surface area contributed by atoms with Crippen LogP contribution in [0.1, 0.15) is 13.8 Å². The van der Waals surface area contributed by atoms with E-state index in [2.05, 4.69) is 31.9 Å². The lowest BCUT2D eigenvalue weighted by Crippen LogP contribution is -2.57. The molecule has 6 nitrogen and oxygen atoms in total. The van der Waals surface area contributed by atoms with Crippen molar-refractivity contribution in [1.82, 2.24) is 0 Å². The van der Waals surface area contributed by atoms with Crippen molar-refractivity contribution >= 4 is 66.9 Å². The first-order valence-electron chi connectivity index (χ1n) is 11.1. The number of carbonyl (C=O) groups is 4. The van der Waals surface area contributed by atoms with Crippen LogP contribution in [0, 0.1) is 35.0 Å². The molecule has 6 atom stereocenters. The van der Waals surface area contributed by atoms with Crippen molar-refractivity contribution in [1.29, 1.82) is 0 Å². The number of allylic oxidation sites excluding steroid dienone is 2. The molecule has 34 heavy (non-hydrogen) atoms. The summed E-state index contributed by atoms with van der Waals surface area (Å²) in [6.45, 7) is 3.78. The molecule has 2 bridgehead atoms. The smallest absolute Gasteiger partial charge is 0.238 e. The van der Waals surface area contributed by atoms with Gasteiger partial charge in [0.2, 0.25) is 23.6 Å². The Morgan fingerprint density at radius 3 is 1.50 bits per heavy atom. The molecule has 7 rings (SSSR count). The molecule has 2 aromatic rings. The number of hydrogen-bond donors (Lipinski definition) is 0. The summed E-state index contributed by atoms with van der Waals surface area (Å²) in [5, 5.41) is 0. The molecule has 0 spiro atoms. The maximum Gasteiger partial charge on any atom is 0.238 e. The van der Waals surface area contributed by atoms with Gasteiger partial charge in [0.1, 0.15) is 0 Å². The highest BCUT2D eigenvalue weighted by Crippen LogP contribution is 2.66. The first-order valence-corrected chi connectivity index (χ1v) is 12.7. The molecule has 2 aromatic carbocycles. The number of hydrogen-bond acceptors (Lipinski definition) is 4. The van der Waals surface area contributed by atoms with Gasteiger partial charge in [0.05, 0.1) is 35.0 Å². The van der Waals surface area contributed by atoms with Crippen molar-refractivity contribution in [3.63, 3.8) is 0 Å². The summed E-state index contributed by atoms with van der Waals surface area (Å²) < 4.78 is 1.29. The van der Waals surface area contributed by atoms with Crippen molar-refractivity contribution in [2.75, 3.05) is 9.80 Å². The van der Waals surface area contributed by atoms with Gasteiger partial charge in [-0.15, -0.1) is 0 Å². The van der Waals surface area contributed by atoms with E-state index in [0.717, 1.165) is 5.57 Å². The summed E-state index contributed by atoms with van der Waals surface area (Å²) in [4.78, 5) is 57.8. The van der Waals surface area contributed by atoms with Crippen molar-refractivity contribution in [2.45, 2.75) is 13.8 Å². The number of rotatable bonds is 2. The Bertz CT molecular complexity index is 1260. The number of nitrogens with zero attached hydrogens (tertiary/aromatic N) is 2. The van der Waals surface area contributed by atoms with Crippen LogP contribution in [0.4, 0.5) is 11.4 Å². The molecule has 3 fully saturated rings. The molecule has 0 aromatic heterocycles. The van der Waals surface area contributed by atoms with E-state index in [9.17, 15) is 19.2 Å². The Morgan fingerprint density at radius 1 is 0.676 bits per heavy atom. The minimum atomic E-state index is -0.945. The third-order valence-electron chi connectivity index (χ3n) is 8.07. The number of anilines is 2. The Kier molecular flexibility index (Phi) is 4.65. The summed E-state index contributed by atoms with van der Waals surface area (Å²) in [5.74, 6) is -4.46. The number of benzene rings is 2. The van der Waals surface area contributed by atoms with E-state index in [0.29, 0.717) is 20.3 Å². The summed E-state index contributed by atoms with van der Waals surface area (Å²) in [7, 11) is 0. The van der Waals surface area contributed by atoms with Gasteiger partial charge >= 0.3 is 0 Å². The third-order valence-corrected chi connectivity index (χ3v) is 9.41. The van der Waals surface area contributed by atoms with Crippen LogP contribution >= 0.6 is 31.9 Å². The number of amides is 4. The second-order valence-corrected chi connectivity index (χ2v) is 11.4. The molecule has 1 saturated carbocycles. The lowest BCUT2D eigenvalue weighted by molar-refractivity contribution is -0.146. The van der Waals surface area contributed by atoms with Gasteiger partial charge < -0.3 is 0 Å². The molecular formula is C26H20Br2N2O4. The molecule has 4 amide bonds. The van der Waals surface area contributed by atoms with Gasteiger partial charge in [-0.1, -0.05) is 42.8 Å². The monoisotopic (exact) mass is 582 g/mol. The average Bonchev–Trinajstić information content (AvgIpc) is 3.21. The quantitative estimate of drug-likeness (QED) is 0.379. The molecule has 8 heteroatoms. The molecule has 3 aliphatic carbocycles. The van der Waals surface area contributed by atoms with E-state index >= 15 is 0 Å². The minimum absolute atomic E-state index is 0.302. The van der Waals surface area contributed by atoms with Crippen LogP contribution in [0.15, 0.2) is 69.1 Å². The fourth-order valence-corrected chi connectivity index (χ4v) is 7.83. The maximum atomic E-state index is 13.8. The topological polar surface area (TPSA) is 74.8 Å². The average molecular weight is 584 g/mol. The van der Waals surface area contributed by atoms with Crippen molar-refractivity contribution in [3.05, 3.63) is 69.1 Å². The van der Waals surface area contributed by atoms with Crippen LogP contribution in [0.3, 0.4) is 0 Å². The molecule has 0 radical (unpaired) electrons. The summed E-state index contributed by atoms with van der Waals surface area (Å²) in [6.07, 6.45) is 1.98. The molecule has 2 saturated heterocycles. The SMILES string of the molecule is CC1=CC2(C)[C@@H]3C(=O)N(c4ccccc4Br)C(=O)[C@@H]3C1[C@H]1C(=O)N(c3ccccc3Br)C(=O)[C@@H]12. The van der Waals surface area contributed by atoms with Gasteiger partial charge in [0, 0.05) is 20.3 Å². The van der Waals surface area contributed by atoms with E-state index in [1.165, 1.54) is 9.80 Å². The van der Waals surface area contributed by atoms with Crippen molar-refractivity contribution in [3.8, 4) is 0 Å². The zero-order chi connectivity index (χ0) is 24.1. The number of carbonyl (C=O) groups excluding carboxylic acids is 4. The number of imide groups is 2. The highest BCUT2D eigenvalue weighted by Gasteiger charge is 2.74. The Morgan fingerprint density at radius 2 is 1.09 bits per heavy atom. The molecule has 5 aliphatic rings. The highest BCUT2D eigenvalue weighted by atomic mass is 79.9. The van der Waals surface area contributed by atoms with Crippen LogP contribution in [0.5, 0.6) is 0 Å². The van der Waals surface area contributed by atoms with Crippen molar-refractivity contribution in [2.24, 2.45) is 35.0 Å². The lowest BCUT2D eigenvalue weighted by Gasteiger charge is -2.53. The predicted molar refractivity (Wildman–Crippen MR) is 133 cm³/mol. The van der Waals surface area contributed by atoms with Gasteiger partial charge in [0.25, 0.3) is 0 Å². The zero-order valence-corrected chi connectivity index (χ0v) is 21.5. The second kappa shape index (κ2) is 7.21. The molecule has 2 unspecified atom stereocenters. The fraction of sp³-hybridized carbons (Fsp3) is 0.308. The fourth-order valence-electron chi connectivity index (χ4n) is 6.90. The van der Waals surface area contributed by atoms with Crippen LogP contribution in [-0.2, 0) is 19.2 Å². The van der Waals surface area contributed by atoms with Crippen LogP contribution in [0.25, 0.3) is 0 Å². The Hall–Kier alpha value is -2.58. The standard InChI is InChI=1S/C26H20Br2N2O4/c1-12-11-26(2)20-18(22(31)29(24(20)33)15-9-5-3-7-13(15)27)17(12)19-21(26)25(34)30(23(19)32)16-10-6-4-8-14(16)28/h3-11,17-21H,1-2H3/t17?,18-,19-,20-,21+,26?/m1/s1. The summed E-state index contributed by atoms with van der Waals surface area (Å²) in [5.41, 5.74) is 0.935. The minimum Gasteiger partial charge on any atom is -0.274 e. The molecular weight excluding hydrogens is 564 g/mol. The van der Waals surface area contributed by atoms with Crippen LogP contribution < -0.4 is 9.80 Å². The van der Waals surface area contributed by atoms with Gasteiger partial charge in [-0.25, -0.2) is 9.80 Å². The third kappa shape index (κ3) is 2.56. The van der Waals surface area contributed by atoms with Gasteiger partial charge in [-0.2, -0.15) is 0 Å². The van der Waals surface area contributed by atoms with E-state index in [4.69, 9.17) is 0 Å². The number of para-hydroxylation sites is 2. The van der Waals surface area contributed by atoms with Crippen LogP contribution in [-0.4, -0.2) is 23.6 Å². The summed E-state index contributed by atoms with van der Waals surface area (Å²) >= 11 is 6.92. The largest absolute Gasteiger partial charge is 0.274 e. The van der Waals surface area contributed by atoms with Gasteiger partial charge in [0.15, 0.2) is 0 Å². The van der Waals surface area contributed by atoms with E-state index in [-0.39, 0.29) is 23.6 Å².